The van der Waals surface area contributed by atoms with E-state index in [-0.39, 0.29) is 22.8 Å². The van der Waals surface area contributed by atoms with Crippen molar-refractivity contribution in [1.82, 2.24) is 4.31 Å². The molecule has 1 aliphatic rings. The first-order chi connectivity index (χ1) is 14.3. The summed E-state index contributed by atoms with van der Waals surface area (Å²) in [4.78, 5) is 23.5. The van der Waals surface area contributed by atoms with Crippen molar-refractivity contribution in [2.24, 2.45) is 5.73 Å². The number of carbonyl (C=O) groups excluding carboxylic acids is 2. The van der Waals surface area contributed by atoms with Crippen LogP contribution in [0.2, 0.25) is 0 Å². The molecule has 2 aromatic rings. The van der Waals surface area contributed by atoms with Crippen molar-refractivity contribution in [2.75, 3.05) is 32.1 Å². The summed E-state index contributed by atoms with van der Waals surface area (Å²) in [6, 6.07) is 10.7. The number of hydrogen-bond acceptors (Lipinski definition) is 6. The zero-order chi connectivity index (χ0) is 21.7. The van der Waals surface area contributed by atoms with Gasteiger partial charge >= 0.3 is 0 Å². The van der Waals surface area contributed by atoms with Crippen LogP contribution in [0.1, 0.15) is 23.2 Å². The van der Waals surface area contributed by atoms with Crippen LogP contribution < -0.4 is 20.5 Å². The first kappa shape index (κ1) is 21.6. The number of benzene rings is 2. The molecule has 160 valence electrons. The summed E-state index contributed by atoms with van der Waals surface area (Å²) in [5.74, 6) is -0.573. The second kappa shape index (κ2) is 9.14. The second-order valence-electron chi connectivity index (χ2n) is 6.71. The standard InChI is InChI=1S/C20H23N3O6S/c1-28-17-8-7-14(11-18(17)30(26,27)23-9-2-3-10-23)20(25)22-15-5-4-6-16(12-15)29-13-19(21)24/h4-8,11-12H,2-3,9-10,13H2,1H3,(H2,21,24)(H,22,25). The molecule has 3 rings (SSSR count). The van der Waals surface area contributed by atoms with E-state index in [1.54, 1.807) is 18.2 Å². The molecular weight excluding hydrogens is 410 g/mol. The van der Waals surface area contributed by atoms with E-state index in [1.165, 1.54) is 35.7 Å². The average Bonchev–Trinajstić information content (AvgIpc) is 3.28. The van der Waals surface area contributed by atoms with E-state index in [2.05, 4.69) is 5.32 Å². The number of nitrogens with one attached hydrogen (secondary N) is 1. The number of rotatable bonds is 8. The van der Waals surface area contributed by atoms with Gasteiger partial charge in [-0.25, -0.2) is 8.42 Å². The fourth-order valence-electron chi connectivity index (χ4n) is 3.11. The van der Waals surface area contributed by atoms with Crippen LogP contribution in [-0.4, -0.2) is 51.3 Å². The van der Waals surface area contributed by atoms with Crippen molar-refractivity contribution in [2.45, 2.75) is 17.7 Å². The van der Waals surface area contributed by atoms with E-state index in [0.29, 0.717) is 24.5 Å². The van der Waals surface area contributed by atoms with E-state index >= 15 is 0 Å². The Bertz CT molecular complexity index is 1050. The summed E-state index contributed by atoms with van der Waals surface area (Å²) in [6.45, 7) is 0.605. The number of ether oxygens (including phenoxy) is 2. The first-order valence-corrected chi connectivity index (χ1v) is 10.8. The number of anilines is 1. The third kappa shape index (κ3) is 4.89. The van der Waals surface area contributed by atoms with Gasteiger partial charge in [-0.15, -0.1) is 0 Å². The van der Waals surface area contributed by atoms with Crippen LogP contribution in [0.5, 0.6) is 11.5 Å². The number of carbonyl (C=O) groups is 2. The van der Waals surface area contributed by atoms with Crippen LogP contribution in [0.4, 0.5) is 5.69 Å². The maximum absolute atomic E-state index is 13.0. The van der Waals surface area contributed by atoms with E-state index in [4.69, 9.17) is 15.2 Å². The van der Waals surface area contributed by atoms with Gasteiger partial charge in [0.25, 0.3) is 11.8 Å². The Kier molecular flexibility index (Phi) is 6.58. The number of amides is 2. The van der Waals surface area contributed by atoms with E-state index in [1.807, 2.05) is 0 Å². The summed E-state index contributed by atoms with van der Waals surface area (Å²) >= 11 is 0. The molecule has 0 radical (unpaired) electrons. The summed E-state index contributed by atoms with van der Waals surface area (Å²) in [5, 5.41) is 2.69. The molecule has 0 bridgehead atoms. The minimum Gasteiger partial charge on any atom is -0.495 e. The highest BCUT2D eigenvalue weighted by atomic mass is 32.2. The van der Waals surface area contributed by atoms with Gasteiger partial charge in [-0.2, -0.15) is 4.31 Å². The minimum absolute atomic E-state index is 0.0434. The van der Waals surface area contributed by atoms with E-state index in [0.717, 1.165) is 12.8 Å². The normalized spacial score (nSPS) is 14.3. The molecule has 0 saturated carbocycles. The third-order valence-corrected chi connectivity index (χ3v) is 6.50. The van der Waals surface area contributed by atoms with Gasteiger partial charge < -0.3 is 20.5 Å². The van der Waals surface area contributed by atoms with Gasteiger partial charge in [0.2, 0.25) is 10.0 Å². The molecule has 1 aliphatic heterocycles. The highest BCUT2D eigenvalue weighted by Crippen LogP contribution is 2.30. The van der Waals surface area contributed by atoms with Gasteiger partial charge in [0, 0.05) is 30.4 Å². The predicted octanol–water partition coefficient (Wildman–Crippen LogP) is 1.60. The van der Waals surface area contributed by atoms with Gasteiger partial charge in [0.1, 0.15) is 16.4 Å². The van der Waals surface area contributed by atoms with Crippen molar-refractivity contribution >= 4 is 27.5 Å². The maximum Gasteiger partial charge on any atom is 0.255 e. The fraction of sp³-hybridized carbons (Fsp3) is 0.300. The minimum atomic E-state index is -3.77. The monoisotopic (exact) mass is 433 g/mol. The van der Waals surface area contributed by atoms with Crippen LogP contribution in [0.3, 0.4) is 0 Å². The number of nitrogens with zero attached hydrogens (tertiary/aromatic N) is 1. The predicted molar refractivity (Wildman–Crippen MR) is 110 cm³/mol. The summed E-state index contributed by atoms with van der Waals surface area (Å²) in [7, 11) is -2.38. The quantitative estimate of drug-likeness (QED) is 0.651. The highest BCUT2D eigenvalue weighted by Gasteiger charge is 2.30. The van der Waals surface area contributed by atoms with Crippen molar-refractivity contribution in [3.8, 4) is 11.5 Å². The number of sulfonamides is 1. The highest BCUT2D eigenvalue weighted by molar-refractivity contribution is 7.89. The molecule has 0 spiro atoms. The largest absolute Gasteiger partial charge is 0.495 e. The van der Waals surface area contributed by atoms with Crippen molar-refractivity contribution in [3.63, 3.8) is 0 Å². The molecule has 0 unspecified atom stereocenters. The number of methoxy groups -OCH3 is 1. The molecular formula is C20H23N3O6S. The zero-order valence-corrected chi connectivity index (χ0v) is 17.3. The topological polar surface area (TPSA) is 128 Å². The van der Waals surface area contributed by atoms with Crippen LogP contribution in [0, 0.1) is 0 Å². The molecule has 2 amide bonds. The average molecular weight is 433 g/mol. The Morgan fingerprint density at radius 2 is 1.87 bits per heavy atom. The van der Waals surface area contributed by atoms with Gasteiger partial charge in [0.05, 0.1) is 7.11 Å². The van der Waals surface area contributed by atoms with Crippen LogP contribution >= 0.6 is 0 Å². The zero-order valence-electron chi connectivity index (χ0n) is 16.5. The molecule has 30 heavy (non-hydrogen) atoms. The summed E-state index contributed by atoms with van der Waals surface area (Å²) in [5.41, 5.74) is 5.64. The molecule has 2 aromatic carbocycles. The van der Waals surface area contributed by atoms with Gasteiger partial charge in [-0.3, -0.25) is 9.59 Å². The first-order valence-electron chi connectivity index (χ1n) is 9.32. The van der Waals surface area contributed by atoms with Crippen molar-refractivity contribution in [3.05, 3.63) is 48.0 Å². The van der Waals surface area contributed by atoms with Gasteiger partial charge in [-0.05, 0) is 43.2 Å². The number of hydrogen-bond donors (Lipinski definition) is 2. The molecule has 1 heterocycles. The molecule has 1 saturated heterocycles. The molecule has 9 nitrogen and oxygen atoms in total. The van der Waals surface area contributed by atoms with E-state index in [9.17, 15) is 18.0 Å². The lowest BCUT2D eigenvalue weighted by atomic mass is 10.2. The molecule has 0 atom stereocenters. The molecule has 0 aromatic heterocycles. The Morgan fingerprint density at radius 1 is 1.13 bits per heavy atom. The van der Waals surface area contributed by atoms with Crippen molar-refractivity contribution < 1.29 is 27.5 Å². The SMILES string of the molecule is COc1ccc(C(=O)Nc2cccc(OCC(N)=O)c2)cc1S(=O)(=O)N1CCCC1. The lowest BCUT2D eigenvalue weighted by molar-refractivity contribution is -0.119. The van der Waals surface area contributed by atoms with Gasteiger partial charge in [0.15, 0.2) is 6.61 Å². The molecule has 10 heteroatoms. The third-order valence-electron chi connectivity index (χ3n) is 4.58. The van der Waals surface area contributed by atoms with Crippen LogP contribution in [-0.2, 0) is 14.8 Å². The Labute approximate surface area is 174 Å². The Hall–Kier alpha value is -3.11. The fourth-order valence-corrected chi connectivity index (χ4v) is 4.81. The summed E-state index contributed by atoms with van der Waals surface area (Å²) in [6.07, 6.45) is 1.60. The Balaban J connectivity index is 1.83. The lowest BCUT2D eigenvalue weighted by Crippen LogP contribution is -2.28. The van der Waals surface area contributed by atoms with Crippen LogP contribution in [0.15, 0.2) is 47.4 Å². The lowest BCUT2D eigenvalue weighted by Gasteiger charge is -2.18. The Morgan fingerprint density at radius 3 is 2.53 bits per heavy atom. The van der Waals surface area contributed by atoms with E-state index < -0.39 is 21.8 Å². The second-order valence-corrected chi connectivity index (χ2v) is 8.62. The molecule has 3 N–H and O–H groups in total. The molecule has 0 aliphatic carbocycles. The van der Waals surface area contributed by atoms with Crippen molar-refractivity contribution in [1.29, 1.82) is 0 Å². The van der Waals surface area contributed by atoms with Gasteiger partial charge in [-0.1, -0.05) is 6.07 Å². The number of primary amides is 1. The maximum atomic E-state index is 13.0. The summed E-state index contributed by atoms with van der Waals surface area (Å²) < 4.78 is 37.8. The molecule has 1 fully saturated rings. The van der Waals surface area contributed by atoms with Crippen LogP contribution in [0.25, 0.3) is 0 Å². The number of nitrogens with two attached hydrogens (primary N) is 1. The smallest absolute Gasteiger partial charge is 0.255 e.